The van der Waals surface area contributed by atoms with Crippen molar-refractivity contribution in [2.45, 2.75) is 50.3 Å². The van der Waals surface area contributed by atoms with Gasteiger partial charge in [-0.1, -0.05) is 18.2 Å². The highest BCUT2D eigenvalue weighted by molar-refractivity contribution is 5.94. The van der Waals surface area contributed by atoms with Gasteiger partial charge in [-0.05, 0) is 66.5 Å². The van der Waals surface area contributed by atoms with Crippen molar-refractivity contribution >= 4 is 27.8 Å². The molecule has 0 amide bonds. The normalized spacial score (nSPS) is 19.2. The molecule has 0 saturated heterocycles. The summed E-state index contributed by atoms with van der Waals surface area (Å²) in [6.45, 7) is -0.454. The molecule has 2 atom stereocenters. The van der Waals surface area contributed by atoms with Gasteiger partial charge in [0.25, 0.3) is 5.56 Å². The van der Waals surface area contributed by atoms with Crippen LogP contribution in [0.2, 0.25) is 0 Å². The fourth-order valence-electron chi connectivity index (χ4n) is 6.01. The fraction of sp³-hybridized carbons (Fsp3) is 0.258. The molecule has 0 radical (unpaired) electrons. The largest absolute Gasteiger partial charge is 0.392 e. The predicted molar refractivity (Wildman–Crippen MR) is 151 cm³/mol. The topological polar surface area (TPSA) is 110 Å². The highest BCUT2D eigenvalue weighted by Crippen LogP contribution is 2.42. The number of nitrogens with one attached hydrogen (secondary N) is 1. The zero-order valence-electron chi connectivity index (χ0n) is 21.9. The number of nitrogens with two attached hydrogens (primary N) is 1. The number of rotatable bonds is 5. The molecule has 3 heterocycles. The summed E-state index contributed by atoms with van der Waals surface area (Å²) < 4.78 is 44.6. The molecule has 10 heteroatoms. The molecule has 2 aromatic carbocycles. The number of nitrogens with zero attached hydrogens (tertiary/aromatic N) is 3. The van der Waals surface area contributed by atoms with Gasteiger partial charge in [-0.25, -0.2) is 18.2 Å². The molecule has 0 bridgehead atoms. The molecule has 2 aliphatic rings. The van der Waals surface area contributed by atoms with Gasteiger partial charge in [0.2, 0.25) is 5.95 Å². The number of aliphatic hydroxyl groups excluding tert-OH is 1. The molecule has 2 unspecified atom stereocenters. The van der Waals surface area contributed by atoms with E-state index in [1.807, 2.05) is 6.07 Å². The van der Waals surface area contributed by atoms with E-state index in [9.17, 15) is 18.7 Å². The van der Waals surface area contributed by atoms with E-state index in [0.717, 1.165) is 24.5 Å². The van der Waals surface area contributed by atoms with Crippen molar-refractivity contribution in [2.24, 2.45) is 0 Å². The maximum Gasteiger partial charge on any atom is 0.265 e. The lowest BCUT2D eigenvalue weighted by Gasteiger charge is -2.20. The summed E-state index contributed by atoms with van der Waals surface area (Å²) in [4.78, 5) is 25.5. The molecule has 4 N–H and O–H groups in total. The van der Waals surface area contributed by atoms with E-state index in [-0.39, 0.29) is 24.2 Å². The number of anilines is 1. The van der Waals surface area contributed by atoms with E-state index in [1.54, 1.807) is 36.5 Å². The molecule has 0 spiro atoms. The minimum absolute atomic E-state index is 0.0185. The van der Waals surface area contributed by atoms with Crippen molar-refractivity contribution in [3.05, 3.63) is 93.6 Å². The number of fused-ring (bicyclic) bond motifs is 2. The van der Waals surface area contributed by atoms with Crippen LogP contribution in [0.25, 0.3) is 38.8 Å². The Balaban J connectivity index is 1.37. The van der Waals surface area contributed by atoms with Crippen LogP contribution in [0.15, 0.2) is 65.4 Å². The SMILES string of the molecule is Nc1nc(-c2cccc(-n3ccc4cc(C5CC5)cc(F)c4c3=O)c2CO)c2cc(C3CC(F)=CC(F)C3)[nH]c2n1. The first-order valence-corrected chi connectivity index (χ1v) is 13.6. The third kappa shape index (κ3) is 4.39. The molecular weight excluding hydrogens is 531 g/mol. The van der Waals surface area contributed by atoms with Crippen LogP contribution in [0.1, 0.15) is 54.3 Å². The lowest BCUT2D eigenvalue weighted by molar-refractivity contribution is 0.282. The first-order valence-electron chi connectivity index (χ1n) is 13.6. The summed E-state index contributed by atoms with van der Waals surface area (Å²) in [5.41, 5.74) is 9.00. The van der Waals surface area contributed by atoms with Gasteiger partial charge in [0.1, 0.15) is 17.6 Å². The molecule has 41 heavy (non-hydrogen) atoms. The molecule has 7 nitrogen and oxygen atoms in total. The Morgan fingerprint density at radius 3 is 2.68 bits per heavy atom. The average molecular weight is 558 g/mol. The number of hydrogen-bond acceptors (Lipinski definition) is 5. The number of halogens is 3. The van der Waals surface area contributed by atoms with E-state index < -0.39 is 35.9 Å². The number of pyridine rings is 1. The van der Waals surface area contributed by atoms with Crippen molar-refractivity contribution in [3.63, 3.8) is 0 Å². The molecule has 2 aliphatic carbocycles. The van der Waals surface area contributed by atoms with Crippen LogP contribution in [0.3, 0.4) is 0 Å². The summed E-state index contributed by atoms with van der Waals surface area (Å²) >= 11 is 0. The average Bonchev–Trinajstić information content (AvgIpc) is 3.70. The van der Waals surface area contributed by atoms with Gasteiger partial charge in [0.15, 0.2) is 0 Å². The zero-order valence-corrected chi connectivity index (χ0v) is 21.9. The zero-order chi connectivity index (χ0) is 28.4. The van der Waals surface area contributed by atoms with Crippen LogP contribution in [-0.2, 0) is 6.61 Å². The molecule has 208 valence electrons. The molecule has 1 saturated carbocycles. The third-order valence-electron chi connectivity index (χ3n) is 8.13. The van der Waals surface area contributed by atoms with Crippen molar-refractivity contribution in [3.8, 4) is 16.9 Å². The second-order valence-electron chi connectivity index (χ2n) is 10.9. The van der Waals surface area contributed by atoms with Crippen LogP contribution >= 0.6 is 0 Å². The van der Waals surface area contributed by atoms with Gasteiger partial charge in [0, 0.05) is 40.7 Å². The molecule has 7 rings (SSSR count). The number of nitrogen functional groups attached to an aromatic ring is 1. The van der Waals surface area contributed by atoms with E-state index in [0.29, 0.717) is 50.5 Å². The Morgan fingerprint density at radius 1 is 1.10 bits per heavy atom. The highest BCUT2D eigenvalue weighted by Gasteiger charge is 2.28. The van der Waals surface area contributed by atoms with Crippen LogP contribution in [0.5, 0.6) is 0 Å². The maximum absolute atomic E-state index is 15.2. The van der Waals surface area contributed by atoms with Gasteiger partial charge >= 0.3 is 0 Å². The monoisotopic (exact) mass is 557 g/mol. The number of hydrogen-bond donors (Lipinski definition) is 3. The lowest BCUT2D eigenvalue weighted by atomic mass is 9.89. The Hall–Kier alpha value is -4.44. The summed E-state index contributed by atoms with van der Waals surface area (Å²) in [5.74, 6) is -1.19. The van der Waals surface area contributed by atoms with E-state index >= 15 is 4.39 Å². The lowest BCUT2D eigenvalue weighted by Crippen LogP contribution is -2.20. The number of aromatic nitrogens is 4. The first-order chi connectivity index (χ1) is 19.8. The maximum atomic E-state index is 15.2. The molecule has 0 aliphatic heterocycles. The number of allylic oxidation sites excluding steroid dienone is 2. The smallest absolute Gasteiger partial charge is 0.265 e. The van der Waals surface area contributed by atoms with Gasteiger partial charge in [0.05, 0.1) is 29.2 Å². The summed E-state index contributed by atoms with van der Waals surface area (Å²) in [5, 5.41) is 11.6. The fourth-order valence-corrected chi connectivity index (χ4v) is 6.01. The second kappa shape index (κ2) is 9.59. The molecule has 1 fully saturated rings. The molecule has 3 aromatic heterocycles. The summed E-state index contributed by atoms with van der Waals surface area (Å²) in [6, 6.07) is 11.9. The van der Waals surface area contributed by atoms with E-state index in [2.05, 4.69) is 15.0 Å². The third-order valence-corrected chi connectivity index (χ3v) is 8.13. The molecule has 5 aromatic rings. The minimum atomic E-state index is -1.39. The van der Waals surface area contributed by atoms with Gasteiger partial charge in [-0.2, -0.15) is 4.98 Å². The standard InChI is InChI=1S/C31H26F3N5O2/c32-19-9-18(10-20(33)12-19)25-13-22-28(37-31(35)38-29(22)36-25)21-2-1-3-26(23(21)14-40)39-7-6-16-8-17(15-4-5-15)11-24(34)27(16)30(39)41/h1-3,6-8,11-13,15,18-19,40H,4-5,9-10,14H2,(H3,35,36,37,38). The van der Waals surface area contributed by atoms with Crippen LogP contribution in [0, 0.1) is 5.82 Å². The number of aromatic amines is 1. The van der Waals surface area contributed by atoms with E-state index in [1.165, 1.54) is 10.6 Å². The Morgan fingerprint density at radius 2 is 1.93 bits per heavy atom. The minimum Gasteiger partial charge on any atom is -0.392 e. The Kier molecular flexibility index (Phi) is 5.97. The number of H-pyrrole nitrogens is 1. The van der Waals surface area contributed by atoms with Gasteiger partial charge in [-0.15, -0.1) is 0 Å². The van der Waals surface area contributed by atoms with Crippen LogP contribution < -0.4 is 11.3 Å². The summed E-state index contributed by atoms with van der Waals surface area (Å²) in [6.07, 6.45) is 3.40. The number of alkyl halides is 1. The molecular formula is C31H26F3N5O2. The highest BCUT2D eigenvalue weighted by atomic mass is 19.1. The number of aliphatic hydroxyl groups is 1. The van der Waals surface area contributed by atoms with E-state index in [4.69, 9.17) is 5.73 Å². The van der Waals surface area contributed by atoms with Gasteiger partial charge < -0.3 is 15.8 Å². The second-order valence-corrected chi connectivity index (χ2v) is 10.9. The van der Waals surface area contributed by atoms with Crippen molar-refractivity contribution in [1.82, 2.24) is 19.5 Å². The Labute approximate surface area is 232 Å². The quantitative estimate of drug-likeness (QED) is 0.242. The van der Waals surface area contributed by atoms with Crippen molar-refractivity contribution in [2.75, 3.05) is 5.73 Å². The summed E-state index contributed by atoms with van der Waals surface area (Å²) in [7, 11) is 0. The van der Waals surface area contributed by atoms with Crippen molar-refractivity contribution in [1.29, 1.82) is 0 Å². The van der Waals surface area contributed by atoms with Crippen molar-refractivity contribution < 1.29 is 18.3 Å². The van der Waals surface area contributed by atoms with Crippen LogP contribution in [-0.4, -0.2) is 30.8 Å². The van der Waals surface area contributed by atoms with Gasteiger partial charge in [-0.3, -0.25) is 9.36 Å². The number of benzene rings is 2. The first kappa shape index (κ1) is 25.5. The predicted octanol–water partition coefficient (Wildman–Crippen LogP) is 6.09. The van der Waals surface area contributed by atoms with Crippen LogP contribution in [0.4, 0.5) is 19.1 Å². The Bertz CT molecular complexity index is 1940.